The zero-order valence-electron chi connectivity index (χ0n) is 15.2. The molecule has 28 heavy (non-hydrogen) atoms. The van der Waals surface area contributed by atoms with Crippen molar-refractivity contribution in [2.24, 2.45) is 5.11 Å². The lowest BCUT2D eigenvalue weighted by Crippen LogP contribution is -2.09. The third-order valence-electron chi connectivity index (χ3n) is 5.19. The number of carbonyl (C=O) groups excluding carboxylic acids is 1. The Balaban J connectivity index is 1.70. The molecule has 5 heteroatoms. The average Bonchev–Trinajstić information content (AvgIpc) is 2.70. The van der Waals surface area contributed by atoms with Gasteiger partial charge in [-0.3, -0.25) is 4.79 Å². The van der Waals surface area contributed by atoms with E-state index in [1.54, 1.807) is 24.3 Å². The highest BCUT2D eigenvalue weighted by atomic mass is 79.9. The van der Waals surface area contributed by atoms with Crippen LogP contribution in [0.2, 0.25) is 0 Å². The summed E-state index contributed by atoms with van der Waals surface area (Å²) in [4.78, 5) is 16.0. The van der Waals surface area contributed by atoms with Crippen molar-refractivity contribution in [1.29, 1.82) is 0 Å². The summed E-state index contributed by atoms with van der Waals surface area (Å²) in [6.45, 7) is 0. The number of nitrogens with zero attached hydrogens (tertiary/aromatic N) is 3. The fourth-order valence-electron chi connectivity index (χ4n) is 3.60. The number of rotatable bonds is 3. The molecule has 7 rings (SSSR count). The summed E-state index contributed by atoms with van der Waals surface area (Å²) in [5, 5.41) is 3.57. The Morgan fingerprint density at radius 1 is 0.857 bits per heavy atom. The number of hydrogen-bond acceptors (Lipinski definition) is 2. The molecule has 3 aromatic rings. The molecule has 0 fully saturated rings. The standard InChI is InChI=1S/C23H18BrN3O/c24-22-14-16-2-6-17-5-1-15(3-7-18(22)8-4-16)13-21(17)23(28)19-9-11-20(12-10-19)26-27-25/h1,4-5,8-14H,2-3,6-7H2. The first-order valence-corrected chi connectivity index (χ1v) is 10.0. The molecule has 138 valence electrons. The summed E-state index contributed by atoms with van der Waals surface area (Å²) in [5.41, 5.74) is 15.2. The minimum atomic E-state index is 0.0106. The van der Waals surface area contributed by atoms with Gasteiger partial charge in [0.15, 0.2) is 5.78 Å². The maximum Gasteiger partial charge on any atom is 0.193 e. The van der Waals surface area contributed by atoms with Crippen LogP contribution in [-0.4, -0.2) is 5.78 Å². The SMILES string of the molecule is [N-]=[N+]=Nc1ccc(C(=O)c2cc3ccc2CCc2ccc(c(Br)c2)CC3)cc1. The quantitative estimate of drug-likeness (QED) is 0.201. The minimum absolute atomic E-state index is 0.0106. The van der Waals surface area contributed by atoms with E-state index in [2.05, 4.69) is 56.3 Å². The van der Waals surface area contributed by atoms with Crippen molar-refractivity contribution in [3.8, 4) is 0 Å². The lowest BCUT2D eigenvalue weighted by molar-refractivity contribution is 0.103. The van der Waals surface area contributed by atoms with Gasteiger partial charge in [0.25, 0.3) is 0 Å². The highest BCUT2D eigenvalue weighted by Gasteiger charge is 2.16. The Hall–Kier alpha value is -2.88. The van der Waals surface area contributed by atoms with Crippen LogP contribution in [0.15, 0.2) is 70.3 Å². The third kappa shape index (κ3) is 3.86. The summed E-state index contributed by atoms with van der Waals surface area (Å²) in [6.07, 6.45) is 3.50. The Bertz CT molecular complexity index is 1100. The fraction of sp³-hybridized carbons (Fsp3) is 0.174. The molecule has 0 amide bonds. The predicted octanol–water partition coefficient (Wildman–Crippen LogP) is 6.51. The molecular weight excluding hydrogens is 414 g/mol. The van der Waals surface area contributed by atoms with E-state index in [9.17, 15) is 4.79 Å². The molecule has 0 aromatic heterocycles. The van der Waals surface area contributed by atoms with Gasteiger partial charge in [0.1, 0.15) is 0 Å². The van der Waals surface area contributed by atoms with Crippen LogP contribution in [0.3, 0.4) is 0 Å². The van der Waals surface area contributed by atoms with Crippen molar-refractivity contribution in [3.63, 3.8) is 0 Å². The largest absolute Gasteiger partial charge is 0.289 e. The van der Waals surface area contributed by atoms with Gasteiger partial charge in [-0.2, -0.15) is 0 Å². The molecule has 0 N–H and O–H groups in total. The normalized spacial score (nSPS) is 12.8. The first kappa shape index (κ1) is 18.5. The second kappa shape index (κ2) is 8.01. The molecule has 4 aliphatic carbocycles. The van der Waals surface area contributed by atoms with Gasteiger partial charge in [-0.05, 0) is 65.6 Å². The van der Waals surface area contributed by atoms with E-state index in [0.29, 0.717) is 11.3 Å². The second-order valence-corrected chi connectivity index (χ2v) is 7.84. The molecule has 0 unspecified atom stereocenters. The highest BCUT2D eigenvalue weighted by molar-refractivity contribution is 9.10. The topological polar surface area (TPSA) is 65.8 Å². The van der Waals surface area contributed by atoms with E-state index in [0.717, 1.165) is 46.8 Å². The zero-order chi connectivity index (χ0) is 19.5. The summed E-state index contributed by atoms with van der Waals surface area (Å²) in [5.74, 6) is 0.0106. The Labute approximate surface area is 172 Å². The van der Waals surface area contributed by atoms with Crippen LogP contribution in [0.4, 0.5) is 5.69 Å². The molecular formula is C23H18BrN3O. The lowest BCUT2D eigenvalue weighted by atomic mass is 9.90. The van der Waals surface area contributed by atoms with Gasteiger partial charge in [0.2, 0.25) is 0 Å². The van der Waals surface area contributed by atoms with Crippen molar-refractivity contribution >= 4 is 27.4 Å². The lowest BCUT2D eigenvalue weighted by Gasteiger charge is -2.15. The van der Waals surface area contributed by atoms with Crippen molar-refractivity contribution in [2.75, 3.05) is 0 Å². The van der Waals surface area contributed by atoms with Gasteiger partial charge in [-0.1, -0.05) is 69.6 Å². The van der Waals surface area contributed by atoms with Gasteiger partial charge < -0.3 is 0 Å². The number of halogens is 1. The van der Waals surface area contributed by atoms with Crippen molar-refractivity contribution in [2.45, 2.75) is 25.7 Å². The Kier molecular flexibility index (Phi) is 5.29. The fourth-order valence-corrected chi connectivity index (χ4v) is 4.23. The summed E-state index contributed by atoms with van der Waals surface area (Å²) in [6, 6.07) is 19.6. The molecule has 0 atom stereocenters. The smallest absolute Gasteiger partial charge is 0.193 e. The molecule has 0 radical (unpaired) electrons. The van der Waals surface area contributed by atoms with Crippen molar-refractivity contribution in [3.05, 3.63) is 109 Å². The van der Waals surface area contributed by atoms with E-state index >= 15 is 0 Å². The molecule has 4 bridgehead atoms. The number of ketones is 1. The maximum atomic E-state index is 13.2. The molecule has 0 saturated carbocycles. The van der Waals surface area contributed by atoms with Crippen LogP contribution in [0.25, 0.3) is 10.4 Å². The van der Waals surface area contributed by atoms with Crippen LogP contribution in [-0.2, 0) is 25.7 Å². The number of aryl methyl sites for hydroxylation is 4. The van der Waals surface area contributed by atoms with E-state index in [4.69, 9.17) is 5.53 Å². The van der Waals surface area contributed by atoms with E-state index in [1.165, 1.54) is 11.1 Å². The summed E-state index contributed by atoms with van der Waals surface area (Å²) < 4.78 is 1.16. The molecule has 3 aromatic carbocycles. The van der Waals surface area contributed by atoms with Gasteiger partial charge in [-0.15, -0.1) is 0 Å². The van der Waals surface area contributed by atoms with Crippen LogP contribution < -0.4 is 0 Å². The van der Waals surface area contributed by atoms with E-state index in [1.807, 2.05) is 6.07 Å². The molecule has 0 aliphatic heterocycles. The zero-order valence-corrected chi connectivity index (χ0v) is 16.8. The first-order valence-electron chi connectivity index (χ1n) is 9.23. The van der Waals surface area contributed by atoms with Gasteiger partial charge in [-0.25, -0.2) is 0 Å². The average molecular weight is 432 g/mol. The summed E-state index contributed by atoms with van der Waals surface area (Å²) >= 11 is 3.69. The predicted molar refractivity (Wildman–Crippen MR) is 114 cm³/mol. The Morgan fingerprint density at radius 3 is 2.18 bits per heavy atom. The van der Waals surface area contributed by atoms with E-state index < -0.39 is 0 Å². The van der Waals surface area contributed by atoms with Gasteiger partial charge >= 0.3 is 0 Å². The number of hydrogen-bond donors (Lipinski definition) is 0. The second-order valence-electron chi connectivity index (χ2n) is 6.98. The monoisotopic (exact) mass is 431 g/mol. The minimum Gasteiger partial charge on any atom is -0.289 e. The maximum absolute atomic E-state index is 13.2. The van der Waals surface area contributed by atoms with Crippen LogP contribution in [0.5, 0.6) is 0 Å². The third-order valence-corrected chi connectivity index (χ3v) is 5.93. The van der Waals surface area contributed by atoms with Crippen molar-refractivity contribution in [1.82, 2.24) is 0 Å². The molecule has 0 saturated heterocycles. The number of azide groups is 1. The van der Waals surface area contributed by atoms with Crippen LogP contribution >= 0.6 is 15.9 Å². The first-order chi connectivity index (χ1) is 13.6. The number of carbonyl (C=O) groups is 1. The van der Waals surface area contributed by atoms with Crippen LogP contribution in [0, 0.1) is 0 Å². The molecule has 0 spiro atoms. The van der Waals surface area contributed by atoms with Gasteiger partial charge in [0.05, 0.1) is 0 Å². The summed E-state index contributed by atoms with van der Waals surface area (Å²) in [7, 11) is 0. The van der Waals surface area contributed by atoms with Gasteiger partial charge in [0, 0.05) is 26.2 Å². The molecule has 4 aliphatic rings. The Morgan fingerprint density at radius 2 is 1.50 bits per heavy atom. The highest BCUT2D eigenvalue weighted by Crippen LogP contribution is 2.26. The van der Waals surface area contributed by atoms with Crippen LogP contribution in [0.1, 0.15) is 38.2 Å². The number of benzene rings is 3. The molecule has 0 heterocycles. The van der Waals surface area contributed by atoms with Crippen molar-refractivity contribution < 1.29 is 4.79 Å². The van der Waals surface area contributed by atoms with E-state index in [-0.39, 0.29) is 5.78 Å². The molecule has 4 nitrogen and oxygen atoms in total.